The van der Waals surface area contributed by atoms with E-state index in [1.165, 1.54) is 5.01 Å². The van der Waals surface area contributed by atoms with Crippen LogP contribution in [0.1, 0.15) is 111 Å². The Morgan fingerprint density at radius 2 is 1.89 bits per heavy atom. The average Bonchev–Trinajstić information content (AvgIpc) is 3.23. The monoisotopic (exact) mass is 517 g/mol. The van der Waals surface area contributed by atoms with Gasteiger partial charge in [0.15, 0.2) is 0 Å². The first-order chi connectivity index (χ1) is 16.9. The quantitative estimate of drug-likeness (QED) is 0.411. The Hall–Kier alpha value is -1.59. The maximum atomic E-state index is 12.8. The van der Waals surface area contributed by atoms with Gasteiger partial charge in [0, 0.05) is 36.0 Å². The minimum atomic E-state index is -0.894. The molecule has 0 saturated heterocycles. The number of aliphatic hydroxyl groups is 1. The molecular weight excluding hydrogens is 466 g/mol. The molecule has 0 radical (unpaired) electrons. The van der Waals surface area contributed by atoms with Gasteiger partial charge in [-0.1, -0.05) is 73.1 Å². The summed E-state index contributed by atoms with van der Waals surface area (Å²) < 4.78 is 0. The molecule has 1 aliphatic rings. The number of hydrogen-bond donors (Lipinski definition) is 1. The molecule has 4 nitrogen and oxygen atoms in total. The second-order valence-electron chi connectivity index (χ2n) is 11.7. The van der Waals surface area contributed by atoms with Crippen LogP contribution in [0.3, 0.4) is 0 Å². The number of Topliss-reactive ketones (excluding diaryl/α,β-unsaturated/α-hetero) is 2. The lowest BCUT2D eigenvalue weighted by Crippen LogP contribution is -2.41. The summed E-state index contributed by atoms with van der Waals surface area (Å²) in [5.41, 5.74) is 0.232. The Morgan fingerprint density at radius 1 is 1.19 bits per heavy atom. The van der Waals surface area contributed by atoms with Crippen LogP contribution in [0.5, 0.6) is 0 Å². The summed E-state index contributed by atoms with van der Waals surface area (Å²) in [7, 11) is 0. The van der Waals surface area contributed by atoms with E-state index in [0.717, 1.165) is 44.2 Å². The Labute approximate surface area is 224 Å². The Bertz CT molecular complexity index is 852. The van der Waals surface area contributed by atoms with E-state index < -0.39 is 11.5 Å². The van der Waals surface area contributed by atoms with E-state index in [9.17, 15) is 14.7 Å². The van der Waals surface area contributed by atoms with Gasteiger partial charge >= 0.3 is 0 Å². The number of aromatic nitrogens is 1. The molecule has 0 spiro atoms. The number of aliphatic hydroxyl groups excluding tert-OH is 1. The zero-order chi connectivity index (χ0) is 27.3. The van der Waals surface area contributed by atoms with Crippen LogP contribution in [-0.2, 0) is 16.0 Å². The minimum absolute atomic E-state index is 0.0525. The summed E-state index contributed by atoms with van der Waals surface area (Å²) in [5, 5.41) is 13.8. The summed E-state index contributed by atoms with van der Waals surface area (Å²) in [5.74, 6) is 1.63. The van der Waals surface area contributed by atoms with E-state index in [-0.39, 0.29) is 23.9 Å². The van der Waals surface area contributed by atoms with Crippen LogP contribution in [0, 0.1) is 29.1 Å². The molecule has 4 atom stereocenters. The molecule has 3 unspecified atom stereocenters. The fraction of sp³-hybridized carbons (Fsp3) is 0.710. The predicted octanol–water partition coefficient (Wildman–Crippen LogP) is 8.10. The first kappa shape index (κ1) is 32.4. The zero-order valence-corrected chi connectivity index (χ0v) is 24.9. The van der Waals surface area contributed by atoms with Crippen molar-refractivity contribution in [1.82, 2.24) is 4.98 Å². The van der Waals surface area contributed by atoms with Crippen molar-refractivity contribution in [3.8, 4) is 0 Å². The lowest BCUT2D eigenvalue weighted by atomic mass is 9.73. The van der Waals surface area contributed by atoms with Crippen molar-refractivity contribution in [1.29, 1.82) is 0 Å². The number of rotatable bonds is 3. The van der Waals surface area contributed by atoms with E-state index >= 15 is 0 Å². The summed E-state index contributed by atoms with van der Waals surface area (Å²) in [6.45, 7) is 16.3. The lowest BCUT2D eigenvalue weighted by molar-refractivity contribution is -0.139. The molecule has 36 heavy (non-hydrogen) atoms. The van der Waals surface area contributed by atoms with Crippen molar-refractivity contribution in [2.24, 2.45) is 29.1 Å². The van der Waals surface area contributed by atoms with Gasteiger partial charge in [0.1, 0.15) is 11.6 Å². The van der Waals surface area contributed by atoms with Gasteiger partial charge in [0.2, 0.25) is 0 Å². The highest BCUT2D eigenvalue weighted by atomic mass is 32.1. The van der Waals surface area contributed by atoms with Gasteiger partial charge in [0.25, 0.3) is 0 Å². The first-order valence-electron chi connectivity index (χ1n) is 13.8. The molecule has 1 N–H and O–H groups in total. The second-order valence-corrected chi connectivity index (χ2v) is 12.7. The fourth-order valence-corrected chi connectivity index (χ4v) is 5.59. The zero-order valence-electron chi connectivity index (χ0n) is 24.0. The van der Waals surface area contributed by atoms with Crippen molar-refractivity contribution in [3.05, 3.63) is 34.3 Å². The maximum Gasteiger partial charge on any atom is 0.143 e. The molecule has 1 aliphatic carbocycles. The molecule has 0 saturated carbocycles. The van der Waals surface area contributed by atoms with Crippen LogP contribution in [-0.4, -0.2) is 27.8 Å². The van der Waals surface area contributed by atoms with Gasteiger partial charge in [-0.15, -0.1) is 11.3 Å². The highest BCUT2D eigenvalue weighted by Gasteiger charge is 2.39. The van der Waals surface area contributed by atoms with Gasteiger partial charge in [-0.3, -0.25) is 9.59 Å². The predicted molar refractivity (Wildman–Crippen MR) is 154 cm³/mol. The number of allylic oxidation sites excluding steroid dienone is 3. The average molecular weight is 518 g/mol. The van der Waals surface area contributed by atoms with E-state index in [2.05, 4.69) is 50.2 Å². The molecule has 1 aromatic heterocycles. The van der Waals surface area contributed by atoms with Crippen LogP contribution in [0.25, 0.3) is 6.08 Å². The molecular formula is C31H51NO3S. The van der Waals surface area contributed by atoms with Crippen molar-refractivity contribution in [3.63, 3.8) is 0 Å². The second kappa shape index (κ2) is 16.3. The molecule has 204 valence electrons. The molecule has 0 fully saturated rings. The van der Waals surface area contributed by atoms with E-state index in [0.29, 0.717) is 24.2 Å². The smallest absolute Gasteiger partial charge is 0.143 e. The summed E-state index contributed by atoms with van der Waals surface area (Å²) >= 11 is 1.76. The number of carbonyl (C=O) groups excluding carboxylic acids is 2. The summed E-state index contributed by atoms with van der Waals surface area (Å²) in [6, 6.07) is 0. The van der Waals surface area contributed by atoms with Crippen LogP contribution in [0.4, 0.5) is 0 Å². The normalized spacial score (nSPS) is 27.6. The standard InChI is InChI=1S/C21H36O3.C10H15NS/c1-15-9-7-6-8-10-16(2)13-17(3)20(24)21(4,5)19(23)14-18(22)12-11-15;1-4-5-9-7-12-10(11-9)6-8(2)3/h7,9,15-17,19,23H,6,8,10-14H2,1-5H3;4-5,7-8H,6H2,1-3H3/b9-7-;5-4-/t15-,16?,17?,19?;/m0./s1. The van der Waals surface area contributed by atoms with Crippen LogP contribution < -0.4 is 0 Å². The third kappa shape index (κ3) is 12.1. The first-order valence-corrected chi connectivity index (χ1v) is 14.7. The Kier molecular flexibility index (Phi) is 14.7. The van der Waals surface area contributed by atoms with Crippen molar-refractivity contribution < 1.29 is 14.7 Å². The minimum Gasteiger partial charge on any atom is -0.392 e. The van der Waals surface area contributed by atoms with Crippen LogP contribution >= 0.6 is 11.3 Å². The number of nitrogens with zero attached hydrogens (tertiary/aromatic N) is 1. The topological polar surface area (TPSA) is 67.3 Å². The van der Waals surface area contributed by atoms with Crippen molar-refractivity contribution in [2.75, 3.05) is 0 Å². The molecule has 0 aromatic carbocycles. The molecule has 0 bridgehead atoms. The largest absolute Gasteiger partial charge is 0.392 e. The van der Waals surface area contributed by atoms with Crippen LogP contribution in [0.2, 0.25) is 0 Å². The Balaban J connectivity index is 0.000000450. The van der Waals surface area contributed by atoms with Crippen LogP contribution in [0.15, 0.2) is 23.6 Å². The highest BCUT2D eigenvalue weighted by Crippen LogP contribution is 2.32. The third-order valence-corrected chi connectivity index (χ3v) is 7.88. The lowest BCUT2D eigenvalue weighted by Gasteiger charge is -2.32. The van der Waals surface area contributed by atoms with Crippen molar-refractivity contribution >= 4 is 29.0 Å². The van der Waals surface area contributed by atoms with Gasteiger partial charge in [-0.05, 0) is 56.4 Å². The molecule has 1 aromatic rings. The summed E-state index contributed by atoms with van der Waals surface area (Å²) in [4.78, 5) is 29.4. The third-order valence-electron chi connectivity index (χ3n) is 6.99. The van der Waals surface area contributed by atoms with E-state index in [4.69, 9.17) is 0 Å². The highest BCUT2D eigenvalue weighted by molar-refractivity contribution is 7.09. The fourth-order valence-electron chi connectivity index (χ4n) is 4.61. The van der Waals surface area contributed by atoms with Gasteiger partial charge in [0.05, 0.1) is 16.8 Å². The number of thiazole rings is 1. The summed E-state index contributed by atoms with van der Waals surface area (Å²) in [6.07, 6.45) is 14.2. The SMILES string of the molecule is C/C=C\c1csc(CC(C)C)n1.CC1CCC/C=C\[C@H](C)CCC(=O)CC(O)C(C)(C)C(=O)C(C)C1. The van der Waals surface area contributed by atoms with Gasteiger partial charge < -0.3 is 5.11 Å². The molecule has 0 aliphatic heterocycles. The molecule has 1 heterocycles. The number of ketones is 2. The van der Waals surface area contributed by atoms with E-state index in [1.807, 2.05) is 26.0 Å². The van der Waals surface area contributed by atoms with Gasteiger partial charge in [-0.25, -0.2) is 4.98 Å². The van der Waals surface area contributed by atoms with Gasteiger partial charge in [-0.2, -0.15) is 0 Å². The van der Waals surface area contributed by atoms with E-state index in [1.54, 1.807) is 25.2 Å². The number of carbonyl (C=O) groups is 2. The molecule has 2 rings (SSSR count). The number of hydrogen-bond acceptors (Lipinski definition) is 5. The van der Waals surface area contributed by atoms with Crippen molar-refractivity contribution in [2.45, 2.75) is 113 Å². The Morgan fingerprint density at radius 3 is 2.53 bits per heavy atom. The molecule has 5 heteroatoms. The molecule has 0 amide bonds. The maximum absolute atomic E-state index is 12.8.